The average Bonchev–Trinajstić information content (AvgIpc) is 2.43. The van der Waals surface area contributed by atoms with Gasteiger partial charge in [-0.3, -0.25) is 0 Å². The van der Waals surface area contributed by atoms with Crippen molar-refractivity contribution in [2.24, 2.45) is 0 Å². The van der Waals surface area contributed by atoms with E-state index in [0.717, 1.165) is 0 Å². The molecule has 1 heterocycles. The monoisotopic (exact) mass is 262 g/mol. The first-order chi connectivity index (χ1) is 7.60. The summed E-state index contributed by atoms with van der Waals surface area (Å²) in [5, 5.41) is 18.7. The fourth-order valence-electron chi connectivity index (χ4n) is 1.38. The maximum atomic E-state index is 11.6. The van der Waals surface area contributed by atoms with Crippen LogP contribution in [0.5, 0.6) is 0 Å². The summed E-state index contributed by atoms with van der Waals surface area (Å²) in [5.41, 5.74) is 0. The minimum Gasteiger partial charge on any atom is -0.455 e. The summed E-state index contributed by atoms with van der Waals surface area (Å²) < 4.78 is 10.7. The fourth-order valence-corrected chi connectivity index (χ4v) is 2.60. The van der Waals surface area contributed by atoms with Gasteiger partial charge in [0.1, 0.15) is 6.10 Å². The molecule has 0 saturated carbocycles. The van der Waals surface area contributed by atoms with Crippen molar-refractivity contribution < 1.29 is 24.2 Å². The lowest BCUT2D eigenvalue weighted by Crippen LogP contribution is -2.48. The Morgan fingerprint density at radius 1 is 1.41 bits per heavy atom. The highest BCUT2D eigenvalue weighted by Gasteiger charge is 2.49. The van der Waals surface area contributed by atoms with E-state index in [1.165, 1.54) is 0 Å². The molecule has 1 saturated heterocycles. The van der Waals surface area contributed by atoms with Gasteiger partial charge < -0.3 is 19.4 Å². The van der Waals surface area contributed by atoms with Gasteiger partial charge in [0.2, 0.25) is 0 Å². The van der Waals surface area contributed by atoms with Crippen LogP contribution in [0, 0.1) is 0 Å². The van der Waals surface area contributed by atoms with Crippen molar-refractivity contribution in [3.63, 3.8) is 0 Å². The number of hydrogen-bond donors (Lipinski definition) is 2. The first kappa shape index (κ1) is 14.6. The molecule has 0 radical (unpaired) electrons. The Balaban J connectivity index is 2.79. The van der Waals surface area contributed by atoms with Gasteiger partial charge in [0.15, 0.2) is 20.5 Å². The van der Waals surface area contributed by atoms with E-state index < -0.39 is 32.6 Å². The van der Waals surface area contributed by atoms with Crippen LogP contribution in [0.15, 0.2) is 0 Å². The number of carbonyl (C=O) groups is 1. The molecule has 5 nitrogen and oxygen atoms in total. The molecule has 1 fully saturated rings. The predicted octanol–water partition coefficient (Wildman–Crippen LogP) is 0.655. The zero-order valence-electron chi connectivity index (χ0n) is 11.1. The smallest absolute Gasteiger partial charge is 0.337 e. The second-order valence-corrected chi connectivity index (χ2v) is 10.7. The number of carbonyl (C=O) groups excluding carboxylic acids is 1. The lowest BCUT2D eigenvalue weighted by Gasteiger charge is -2.38. The van der Waals surface area contributed by atoms with Gasteiger partial charge in [0.05, 0.1) is 6.61 Å². The lowest BCUT2D eigenvalue weighted by molar-refractivity contribution is -0.147. The maximum Gasteiger partial charge on any atom is 0.337 e. The normalized spacial score (nSPS) is 30.5. The molecule has 0 aromatic carbocycles. The summed E-state index contributed by atoms with van der Waals surface area (Å²) in [6.07, 6.45) is -2.91. The highest BCUT2D eigenvalue weighted by Crippen LogP contribution is 2.38. The molecule has 0 aromatic rings. The van der Waals surface area contributed by atoms with Crippen molar-refractivity contribution in [2.45, 2.75) is 57.2 Å². The number of cyclic esters (lactones) is 1. The molecule has 17 heavy (non-hydrogen) atoms. The standard InChI is InChI=1S/C11H22O5Si/c1-11(2,3)17(4,5)16-9-8(13)7(6-12)15-10(9)14/h7-9,12-13H,6H2,1-5H3/t7-,8-,9-/m1/s1. The number of rotatable bonds is 3. The first-order valence-corrected chi connectivity index (χ1v) is 8.68. The van der Waals surface area contributed by atoms with Crippen LogP contribution in [0.4, 0.5) is 0 Å². The topological polar surface area (TPSA) is 76.0 Å². The fraction of sp³-hybridized carbons (Fsp3) is 0.909. The zero-order chi connectivity index (χ0) is 13.4. The summed E-state index contributed by atoms with van der Waals surface area (Å²) in [6, 6.07) is 0. The Morgan fingerprint density at radius 3 is 2.29 bits per heavy atom. The Bertz CT molecular complexity index is 297. The van der Waals surface area contributed by atoms with E-state index >= 15 is 0 Å². The SMILES string of the molecule is CC(C)(C)[Si](C)(C)O[C@H]1C(=O)O[C@H](CO)[C@H]1O. The lowest BCUT2D eigenvalue weighted by atomic mass is 10.1. The third kappa shape index (κ3) is 2.88. The van der Waals surface area contributed by atoms with Crippen LogP contribution in [-0.2, 0) is 14.0 Å². The third-order valence-corrected chi connectivity index (χ3v) is 8.05. The second kappa shape index (κ2) is 4.68. The quantitative estimate of drug-likeness (QED) is 0.577. The van der Waals surface area contributed by atoms with E-state index in [9.17, 15) is 9.90 Å². The van der Waals surface area contributed by atoms with Crippen molar-refractivity contribution in [1.82, 2.24) is 0 Å². The number of hydrogen-bond acceptors (Lipinski definition) is 5. The molecule has 0 aliphatic carbocycles. The third-order valence-electron chi connectivity index (χ3n) is 3.60. The molecule has 1 rings (SSSR count). The molecule has 0 aromatic heterocycles. The van der Waals surface area contributed by atoms with Gasteiger partial charge in [-0.2, -0.15) is 0 Å². The molecule has 6 heteroatoms. The number of esters is 1. The van der Waals surface area contributed by atoms with Crippen LogP contribution in [0.25, 0.3) is 0 Å². The molecule has 0 bridgehead atoms. The second-order valence-electron chi connectivity index (χ2n) is 5.95. The highest BCUT2D eigenvalue weighted by atomic mass is 28.4. The largest absolute Gasteiger partial charge is 0.455 e. The summed E-state index contributed by atoms with van der Waals surface area (Å²) in [7, 11) is -2.14. The predicted molar refractivity (Wildman–Crippen MR) is 65.0 cm³/mol. The summed E-state index contributed by atoms with van der Waals surface area (Å²) in [5.74, 6) is -0.582. The average molecular weight is 262 g/mol. The highest BCUT2D eigenvalue weighted by molar-refractivity contribution is 6.74. The van der Waals surface area contributed by atoms with Crippen LogP contribution in [0.1, 0.15) is 20.8 Å². The molecule has 0 unspecified atom stereocenters. The van der Waals surface area contributed by atoms with E-state index in [1.54, 1.807) is 0 Å². The van der Waals surface area contributed by atoms with E-state index in [-0.39, 0.29) is 11.6 Å². The molecule has 1 aliphatic rings. The van der Waals surface area contributed by atoms with Crippen molar-refractivity contribution in [1.29, 1.82) is 0 Å². The molecule has 3 atom stereocenters. The van der Waals surface area contributed by atoms with Gasteiger partial charge in [-0.1, -0.05) is 20.8 Å². The minimum atomic E-state index is -2.14. The van der Waals surface area contributed by atoms with Crippen LogP contribution >= 0.6 is 0 Å². The zero-order valence-corrected chi connectivity index (χ0v) is 12.1. The van der Waals surface area contributed by atoms with Gasteiger partial charge >= 0.3 is 5.97 Å². The van der Waals surface area contributed by atoms with Crippen molar-refractivity contribution in [3.8, 4) is 0 Å². The first-order valence-electron chi connectivity index (χ1n) is 5.77. The van der Waals surface area contributed by atoms with Crippen LogP contribution in [0.2, 0.25) is 18.1 Å². The summed E-state index contributed by atoms with van der Waals surface area (Å²) >= 11 is 0. The Kier molecular flexibility index (Phi) is 4.03. The van der Waals surface area contributed by atoms with E-state index in [4.69, 9.17) is 14.3 Å². The van der Waals surface area contributed by atoms with Gasteiger partial charge in [0.25, 0.3) is 0 Å². The van der Waals surface area contributed by atoms with Gasteiger partial charge in [-0.05, 0) is 18.1 Å². The number of aliphatic hydroxyl groups excluding tert-OH is 2. The molecule has 1 aliphatic heterocycles. The summed E-state index contributed by atoms with van der Waals surface area (Å²) in [4.78, 5) is 11.6. The van der Waals surface area contributed by atoms with Gasteiger partial charge in [-0.15, -0.1) is 0 Å². The molecular weight excluding hydrogens is 240 g/mol. The van der Waals surface area contributed by atoms with Crippen LogP contribution < -0.4 is 0 Å². The van der Waals surface area contributed by atoms with Crippen molar-refractivity contribution >= 4 is 14.3 Å². The molecule has 100 valence electrons. The van der Waals surface area contributed by atoms with Gasteiger partial charge in [-0.25, -0.2) is 4.79 Å². The maximum absolute atomic E-state index is 11.6. The number of ether oxygens (including phenoxy) is 1. The van der Waals surface area contributed by atoms with E-state index in [1.807, 2.05) is 13.1 Å². The Labute approximate surface area is 103 Å². The molecule has 0 spiro atoms. The van der Waals surface area contributed by atoms with Gasteiger partial charge in [0, 0.05) is 0 Å². The molecule has 2 N–H and O–H groups in total. The van der Waals surface area contributed by atoms with Crippen LogP contribution in [-0.4, -0.2) is 49.4 Å². The molecular formula is C11H22O5Si. The van der Waals surface area contributed by atoms with E-state index in [2.05, 4.69) is 20.8 Å². The van der Waals surface area contributed by atoms with Crippen molar-refractivity contribution in [3.05, 3.63) is 0 Å². The van der Waals surface area contributed by atoms with E-state index in [0.29, 0.717) is 0 Å². The molecule has 0 amide bonds. The minimum absolute atomic E-state index is 0.0513. The van der Waals surface area contributed by atoms with Crippen molar-refractivity contribution in [2.75, 3.05) is 6.61 Å². The Morgan fingerprint density at radius 2 is 1.94 bits per heavy atom. The number of aliphatic hydroxyl groups is 2. The van der Waals surface area contributed by atoms with Crippen LogP contribution in [0.3, 0.4) is 0 Å². The Hall–Kier alpha value is -0.433. The summed E-state index contributed by atoms with van der Waals surface area (Å²) in [6.45, 7) is 9.77.